The number of amides is 1. The smallest absolute Gasteiger partial charge is 0.404 e. The molecule has 1 fully saturated rings. The van der Waals surface area contributed by atoms with Gasteiger partial charge in [0.1, 0.15) is 0 Å². The molecule has 0 aliphatic carbocycles. The van der Waals surface area contributed by atoms with Crippen LogP contribution in [0.3, 0.4) is 0 Å². The fourth-order valence-corrected chi connectivity index (χ4v) is 4.07. The average molecular weight is 398 g/mol. The first-order valence-corrected chi connectivity index (χ1v) is 10.2. The minimum absolute atomic E-state index is 0.0843. The van der Waals surface area contributed by atoms with Gasteiger partial charge in [-0.1, -0.05) is 60.7 Å². The van der Waals surface area contributed by atoms with Crippen LogP contribution in [0, 0.1) is 0 Å². The molecule has 0 saturated carbocycles. The van der Waals surface area contributed by atoms with Crippen LogP contribution in [0.5, 0.6) is 0 Å². The fourth-order valence-electron chi connectivity index (χ4n) is 4.07. The number of nitrogens with zero attached hydrogens (tertiary/aromatic N) is 2. The van der Waals surface area contributed by atoms with Crippen LogP contribution in [0.25, 0.3) is 0 Å². The van der Waals surface area contributed by atoms with E-state index < -0.39 is 6.09 Å². The highest BCUT2D eigenvalue weighted by Gasteiger charge is 2.33. The zero-order valence-electron chi connectivity index (χ0n) is 17.0. The third kappa shape index (κ3) is 6.56. The van der Waals surface area contributed by atoms with Gasteiger partial charge in [-0.25, -0.2) is 4.79 Å². The Morgan fingerprint density at radius 3 is 2.21 bits per heavy atom. The van der Waals surface area contributed by atoms with Crippen molar-refractivity contribution < 1.29 is 14.6 Å². The fraction of sp³-hybridized carbons (Fsp3) is 0.435. The third-order valence-corrected chi connectivity index (χ3v) is 5.54. The Bertz CT molecular complexity index is 700. The first-order valence-electron chi connectivity index (χ1n) is 10.2. The zero-order chi connectivity index (χ0) is 20.5. The largest absolute Gasteiger partial charge is 0.465 e. The van der Waals surface area contributed by atoms with E-state index in [1.807, 2.05) is 12.1 Å². The molecule has 1 aliphatic heterocycles. The molecule has 6 heteroatoms. The lowest BCUT2D eigenvalue weighted by Gasteiger charge is -2.43. The molecule has 0 aromatic heterocycles. The summed E-state index contributed by atoms with van der Waals surface area (Å²) in [6.07, 6.45) is 0.103. The van der Waals surface area contributed by atoms with Crippen molar-refractivity contribution in [1.29, 1.82) is 0 Å². The summed E-state index contributed by atoms with van der Waals surface area (Å²) in [5.41, 5.74) is 2.60. The molecular formula is C23H31N3O3. The Morgan fingerprint density at radius 1 is 1.10 bits per heavy atom. The molecule has 29 heavy (non-hydrogen) atoms. The van der Waals surface area contributed by atoms with E-state index in [9.17, 15) is 4.79 Å². The van der Waals surface area contributed by atoms with Gasteiger partial charge in [0.05, 0.1) is 6.10 Å². The summed E-state index contributed by atoms with van der Waals surface area (Å²) in [5.74, 6) is 0. The van der Waals surface area contributed by atoms with E-state index in [1.54, 1.807) is 7.11 Å². The second kappa shape index (κ2) is 11.0. The highest BCUT2D eigenvalue weighted by molar-refractivity contribution is 5.64. The van der Waals surface area contributed by atoms with E-state index in [-0.39, 0.29) is 6.10 Å². The summed E-state index contributed by atoms with van der Waals surface area (Å²) in [7, 11) is 1.78. The quantitative estimate of drug-likeness (QED) is 0.681. The van der Waals surface area contributed by atoms with Crippen molar-refractivity contribution in [2.75, 3.05) is 33.3 Å². The maximum absolute atomic E-state index is 10.7. The molecule has 3 rings (SSSR count). The van der Waals surface area contributed by atoms with Crippen LogP contribution in [-0.2, 0) is 17.8 Å². The van der Waals surface area contributed by atoms with E-state index in [1.165, 1.54) is 11.1 Å². The molecule has 2 aromatic carbocycles. The number of nitrogens with one attached hydrogen (secondary N) is 1. The summed E-state index contributed by atoms with van der Waals surface area (Å²) in [5, 5.41) is 11.2. The van der Waals surface area contributed by atoms with Gasteiger partial charge in [0.2, 0.25) is 0 Å². The predicted octanol–water partition coefficient (Wildman–Crippen LogP) is 3.05. The molecule has 1 aliphatic rings. The maximum Gasteiger partial charge on any atom is 0.404 e. The molecule has 1 saturated heterocycles. The Balaban J connectivity index is 1.69. The number of hydrogen-bond acceptors (Lipinski definition) is 4. The van der Waals surface area contributed by atoms with Gasteiger partial charge in [-0.05, 0) is 24.1 Å². The van der Waals surface area contributed by atoms with E-state index in [0.717, 1.165) is 32.6 Å². The summed E-state index contributed by atoms with van der Waals surface area (Å²) < 4.78 is 5.90. The molecule has 0 radical (unpaired) electrons. The van der Waals surface area contributed by atoms with Gasteiger partial charge in [0.15, 0.2) is 0 Å². The number of carboxylic acid groups (broad SMARTS) is 1. The lowest BCUT2D eigenvalue weighted by molar-refractivity contribution is -0.0431. The van der Waals surface area contributed by atoms with Crippen LogP contribution in [-0.4, -0.2) is 66.4 Å². The number of rotatable bonds is 9. The number of carbonyl (C=O) groups is 1. The van der Waals surface area contributed by atoms with Gasteiger partial charge in [-0.15, -0.1) is 0 Å². The second-order valence-electron chi connectivity index (χ2n) is 7.54. The van der Waals surface area contributed by atoms with Crippen LogP contribution < -0.4 is 5.32 Å². The number of hydrogen-bond donors (Lipinski definition) is 2. The van der Waals surface area contributed by atoms with Crippen molar-refractivity contribution in [1.82, 2.24) is 15.1 Å². The summed E-state index contributed by atoms with van der Waals surface area (Å²) in [4.78, 5) is 15.5. The third-order valence-electron chi connectivity index (χ3n) is 5.54. The Morgan fingerprint density at radius 2 is 1.69 bits per heavy atom. The van der Waals surface area contributed by atoms with Gasteiger partial charge in [-0.2, -0.15) is 0 Å². The SMILES string of the molecule is COC1CN(CCNC(=O)O)CCC1N(Cc1ccccc1)Cc1ccccc1. The molecule has 2 aromatic rings. The topological polar surface area (TPSA) is 65.0 Å². The number of methoxy groups -OCH3 is 1. The number of ether oxygens (including phenoxy) is 1. The van der Waals surface area contributed by atoms with Crippen molar-refractivity contribution in [2.45, 2.75) is 31.7 Å². The number of piperidine rings is 1. The predicted molar refractivity (Wildman–Crippen MR) is 114 cm³/mol. The highest BCUT2D eigenvalue weighted by Crippen LogP contribution is 2.23. The molecule has 2 N–H and O–H groups in total. The van der Waals surface area contributed by atoms with Crippen molar-refractivity contribution >= 4 is 6.09 Å². The lowest BCUT2D eigenvalue weighted by atomic mass is 9.98. The van der Waals surface area contributed by atoms with Crippen LogP contribution in [0.2, 0.25) is 0 Å². The van der Waals surface area contributed by atoms with Crippen molar-refractivity contribution in [3.63, 3.8) is 0 Å². The van der Waals surface area contributed by atoms with Crippen LogP contribution in [0.15, 0.2) is 60.7 Å². The van der Waals surface area contributed by atoms with E-state index >= 15 is 0 Å². The molecule has 1 amide bonds. The summed E-state index contributed by atoms with van der Waals surface area (Å²) in [6.45, 7) is 4.64. The van der Waals surface area contributed by atoms with E-state index in [4.69, 9.17) is 9.84 Å². The Hall–Kier alpha value is -2.41. The zero-order valence-corrected chi connectivity index (χ0v) is 17.0. The van der Waals surface area contributed by atoms with Crippen molar-refractivity contribution in [3.8, 4) is 0 Å². The average Bonchev–Trinajstić information content (AvgIpc) is 2.74. The van der Waals surface area contributed by atoms with Crippen LogP contribution in [0.4, 0.5) is 4.79 Å². The standard InChI is InChI=1S/C23H31N3O3/c1-29-22-18-25(15-13-24-23(27)28)14-12-21(22)26(16-19-8-4-2-5-9-19)17-20-10-6-3-7-11-20/h2-11,21-22,24H,12-18H2,1H3,(H,27,28). The Kier molecular flexibility index (Phi) is 8.04. The first kappa shape index (κ1) is 21.3. The molecule has 0 bridgehead atoms. The summed E-state index contributed by atoms with van der Waals surface area (Å²) >= 11 is 0. The maximum atomic E-state index is 10.7. The minimum Gasteiger partial charge on any atom is -0.465 e. The summed E-state index contributed by atoms with van der Waals surface area (Å²) in [6, 6.07) is 21.4. The number of benzene rings is 2. The van der Waals surface area contributed by atoms with Gasteiger partial charge >= 0.3 is 6.09 Å². The minimum atomic E-state index is -0.972. The van der Waals surface area contributed by atoms with E-state index in [2.05, 4.69) is 63.6 Å². The van der Waals surface area contributed by atoms with Crippen molar-refractivity contribution in [3.05, 3.63) is 71.8 Å². The molecule has 2 unspecified atom stereocenters. The highest BCUT2D eigenvalue weighted by atomic mass is 16.5. The van der Waals surface area contributed by atoms with Crippen LogP contribution >= 0.6 is 0 Å². The van der Waals surface area contributed by atoms with Crippen molar-refractivity contribution in [2.24, 2.45) is 0 Å². The molecular weight excluding hydrogens is 366 g/mol. The van der Waals surface area contributed by atoms with Gasteiger partial charge in [0, 0.05) is 45.9 Å². The monoisotopic (exact) mass is 397 g/mol. The molecule has 6 nitrogen and oxygen atoms in total. The van der Waals surface area contributed by atoms with Gasteiger partial charge in [-0.3, -0.25) is 9.80 Å². The normalized spacial score (nSPS) is 19.9. The Labute approximate surface area is 173 Å². The molecule has 2 atom stereocenters. The first-order chi connectivity index (χ1) is 14.2. The molecule has 156 valence electrons. The van der Waals surface area contributed by atoms with Crippen LogP contribution in [0.1, 0.15) is 17.5 Å². The number of likely N-dealkylation sites (tertiary alicyclic amines) is 1. The molecule has 1 heterocycles. The molecule has 0 spiro atoms. The van der Waals surface area contributed by atoms with E-state index in [0.29, 0.717) is 19.1 Å². The second-order valence-corrected chi connectivity index (χ2v) is 7.54. The lowest BCUT2D eigenvalue weighted by Crippen LogP contribution is -2.55. The van der Waals surface area contributed by atoms with Gasteiger partial charge < -0.3 is 15.2 Å². The van der Waals surface area contributed by atoms with Gasteiger partial charge in [0.25, 0.3) is 0 Å².